The quantitative estimate of drug-likeness (QED) is 0.729. The Balaban J connectivity index is 0.00000150. The number of rotatable bonds is 5. The molecular weight excluding hydrogens is 407 g/mol. The molecule has 2 aromatic rings. The third-order valence-electron chi connectivity index (χ3n) is 5.95. The highest BCUT2D eigenvalue weighted by molar-refractivity contribution is 5.85. The summed E-state index contributed by atoms with van der Waals surface area (Å²) < 4.78 is 11.7. The summed E-state index contributed by atoms with van der Waals surface area (Å²) in [5.74, 6) is 1.38. The van der Waals surface area contributed by atoms with Gasteiger partial charge in [-0.15, -0.1) is 24.8 Å². The number of hydrogen-bond acceptors (Lipinski definition) is 4. The van der Waals surface area contributed by atoms with Crippen molar-refractivity contribution in [3.05, 3.63) is 65.2 Å². The zero-order chi connectivity index (χ0) is 18.6. The van der Waals surface area contributed by atoms with Gasteiger partial charge in [-0.25, -0.2) is 0 Å². The Morgan fingerprint density at radius 3 is 2.34 bits per heavy atom. The number of benzene rings is 2. The Kier molecular flexibility index (Phi) is 9.25. The minimum atomic E-state index is 0. The zero-order valence-corrected chi connectivity index (χ0v) is 18.8. The average molecular weight is 439 g/mol. The maximum absolute atomic E-state index is 6.34. The van der Waals surface area contributed by atoms with Crippen LogP contribution in [0, 0.1) is 0 Å². The van der Waals surface area contributed by atoms with E-state index in [9.17, 15) is 0 Å². The predicted molar refractivity (Wildman–Crippen MR) is 123 cm³/mol. The smallest absolute Gasteiger partial charge is 0.118 e. The molecule has 4 rings (SSSR count). The van der Waals surface area contributed by atoms with E-state index in [0.29, 0.717) is 12.0 Å². The van der Waals surface area contributed by atoms with E-state index in [-0.39, 0.29) is 30.9 Å². The molecule has 2 aliphatic rings. The molecule has 1 saturated heterocycles. The fourth-order valence-electron chi connectivity index (χ4n) is 4.41. The van der Waals surface area contributed by atoms with Gasteiger partial charge in [0.1, 0.15) is 5.75 Å². The first-order valence-electron chi connectivity index (χ1n) is 10.1. The summed E-state index contributed by atoms with van der Waals surface area (Å²) in [5, 5.41) is 3.47. The van der Waals surface area contributed by atoms with Gasteiger partial charge in [0.15, 0.2) is 0 Å². The standard InChI is InChI=1S/C23H30N2O2.2ClH/c1-17-16-27-23(21-6-4-3-5-20(17)21)15-22(25-13-11-24-12-14-25)18-7-9-19(26-2)10-8-18;;/h3-10,17,22-24H,11-16H2,1-2H3;2*1H. The Morgan fingerprint density at radius 1 is 1.03 bits per heavy atom. The Labute approximate surface area is 186 Å². The average Bonchev–Trinajstić information content (AvgIpc) is 2.74. The SMILES string of the molecule is COc1ccc(C(CC2OCC(C)c3ccccc32)N2CCNCC2)cc1.Cl.Cl. The van der Waals surface area contributed by atoms with Crippen LogP contribution in [0.5, 0.6) is 5.75 Å². The van der Waals surface area contributed by atoms with E-state index in [1.807, 2.05) is 0 Å². The van der Waals surface area contributed by atoms with Crippen molar-refractivity contribution >= 4 is 24.8 Å². The topological polar surface area (TPSA) is 33.7 Å². The molecule has 29 heavy (non-hydrogen) atoms. The van der Waals surface area contributed by atoms with Gasteiger partial charge in [-0.1, -0.05) is 43.3 Å². The molecule has 0 aromatic heterocycles. The molecule has 6 heteroatoms. The largest absolute Gasteiger partial charge is 0.497 e. The summed E-state index contributed by atoms with van der Waals surface area (Å²) in [5.41, 5.74) is 4.16. The van der Waals surface area contributed by atoms with Gasteiger partial charge >= 0.3 is 0 Å². The highest BCUT2D eigenvalue weighted by Crippen LogP contribution is 2.40. The molecule has 1 N–H and O–H groups in total. The normalized spacial score (nSPS) is 22.6. The van der Waals surface area contributed by atoms with Crippen LogP contribution in [0.15, 0.2) is 48.5 Å². The summed E-state index contributed by atoms with van der Waals surface area (Å²) >= 11 is 0. The lowest BCUT2D eigenvalue weighted by atomic mass is 9.86. The summed E-state index contributed by atoms with van der Waals surface area (Å²) in [6, 6.07) is 17.7. The third kappa shape index (κ3) is 5.44. The molecule has 2 aromatic carbocycles. The molecule has 3 atom stereocenters. The minimum Gasteiger partial charge on any atom is -0.497 e. The molecule has 0 radical (unpaired) electrons. The van der Waals surface area contributed by atoms with Crippen molar-refractivity contribution < 1.29 is 9.47 Å². The van der Waals surface area contributed by atoms with E-state index < -0.39 is 0 Å². The number of fused-ring (bicyclic) bond motifs is 1. The lowest BCUT2D eigenvalue weighted by molar-refractivity contribution is 0.00293. The molecule has 0 spiro atoms. The van der Waals surface area contributed by atoms with Crippen molar-refractivity contribution in [1.29, 1.82) is 0 Å². The van der Waals surface area contributed by atoms with Crippen LogP contribution in [0.1, 0.15) is 48.1 Å². The van der Waals surface area contributed by atoms with E-state index >= 15 is 0 Å². The van der Waals surface area contributed by atoms with Gasteiger partial charge in [0.2, 0.25) is 0 Å². The van der Waals surface area contributed by atoms with Crippen LogP contribution < -0.4 is 10.1 Å². The van der Waals surface area contributed by atoms with E-state index in [0.717, 1.165) is 45.0 Å². The van der Waals surface area contributed by atoms with Crippen molar-refractivity contribution in [3.63, 3.8) is 0 Å². The number of nitrogens with one attached hydrogen (secondary N) is 1. The van der Waals surface area contributed by atoms with Gasteiger partial charge < -0.3 is 14.8 Å². The third-order valence-corrected chi connectivity index (χ3v) is 5.95. The van der Waals surface area contributed by atoms with E-state index in [2.05, 4.69) is 65.7 Å². The molecule has 4 nitrogen and oxygen atoms in total. The number of ether oxygens (including phenoxy) is 2. The molecule has 1 fully saturated rings. The predicted octanol–water partition coefficient (Wildman–Crippen LogP) is 4.75. The molecule has 160 valence electrons. The van der Waals surface area contributed by atoms with Crippen molar-refractivity contribution in [1.82, 2.24) is 10.2 Å². The van der Waals surface area contributed by atoms with E-state index in [4.69, 9.17) is 9.47 Å². The molecule has 2 aliphatic heterocycles. The second kappa shape index (κ2) is 11.2. The fraction of sp³-hybridized carbons (Fsp3) is 0.478. The van der Waals surface area contributed by atoms with Crippen LogP contribution in [0.3, 0.4) is 0 Å². The van der Waals surface area contributed by atoms with Crippen LogP contribution in [0.2, 0.25) is 0 Å². The van der Waals surface area contributed by atoms with E-state index in [1.165, 1.54) is 16.7 Å². The maximum Gasteiger partial charge on any atom is 0.118 e. The molecule has 0 bridgehead atoms. The molecule has 0 amide bonds. The Bertz CT molecular complexity index is 751. The molecule has 0 saturated carbocycles. The van der Waals surface area contributed by atoms with Crippen LogP contribution in [-0.2, 0) is 4.74 Å². The molecular formula is C23H32Cl2N2O2. The van der Waals surface area contributed by atoms with Gasteiger partial charge in [-0.05, 0) is 35.2 Å². The second-order valence-electron chi connectivity index (χ2n) is 7.66. The van der Waals surface area contributed by atoms with Gasteiger partial charge in [0.05, 0.1) is 19.8 Å². The van der Waals surface area contributed by atoms with Crippen molar-refractivity contribution in [2.24, 2.45) is 0 Å². The molecule has 2 heterocycles. The first kappa shape index (κ1) is 24.0. The lowest BCUT2D eigenvalue weighted by Gasteiger charge is -2.39. The first-order chi connectivity index (χ1) is 13.3. The van der Waals surface area contributed by atoms with Gasteiger partial charge in [0, 0.05) is 38.1 Å². The van der Waals surface area contributed by atoms with Crippen LogP contribution >= 0.6 is 24.8 Å². The number of halogens is 2. The molecule has 0 aliphatic carbocycles. The van der Waals surface area contributed by atoms with Gasteiger partial charge in [-0.2, -0.15) is 0 Å². The monoisotopic (exact) mass is 438 g/mol. The second-order valence-corrected chi connectivity index (χ2v) is 7.66. The molecule has 3 unspecified atom stereocenters. The van der Waals surface area contributed by atoms with Crippen LogP contribution in [-0.4, -0.2) is 44.8 Å². The minimum absolute atomic E-state index is 0. The fourth-order valence-corrected chi connectivity index (χ4v) is 4.41. The summed E-state index contributed by atoms with van der Waals surface area (Å²) in [6.45, 7) is 7.30. The van der Waals surface area contributed by atoms with Crippen molar-refractivity contribution in [2.75, 3.05) is 39.9 Å². The zero-order valence-electron chi connectivity index (χ0n) is 17.2. The Hall–Kier alpha value is -1.30. The highest BCUT2D eigenvalue weighted by atomic mass is 35.5. The lowest BCUT2D eigenvalue weighted by Crippen LogP contribution is -2.45. The summed E-state index contributed by atoms with van der Waals surface area (Å²) in [6.07, 6.45) is 1.13. The van der Waals surface area contributed by atoms with Crippen LogP contribution in [0.25, 0.3) is 0 Å². The van der Waals surface area contributed by atoms with Crippen LogP contribution in [0.4, 0.5) is 0 Å². The van der Waals surface area contributed by atoms with Gasteiger partial charge in [-0.3, -0.25) is 4.90 Å². The van der Waals surface area contributed by atoms with Crippen molar-refractivity contribution in [2.45, 2.75) is 31.4 Å². The Morgan fingerprint density at radius 2 is 1.69 bits per heavy atom. The summed E-state index contributed by atoms with van der Waals surface area (Å²) in [7, 11) is 1.72. The number of hydrogen-bond donors (Lipinski definition) is 1. The first-order valence-corrected chi connectivity index (χ1v) is 10.1. The number of piperazine rings is 1. The van der Waals surface area contributed by atoms with E-state index in [1.54, 1.807) is 7.11 Å². The van der Waals surface area contributed by atoms with Gasteiger partial charge in [0.25, 0.3) is 0 Å². The summed E-state index contributed by atoms with van der Waals surface area (Å²) in [4.78, 5) is 2.60. The number of methoxy groups -OCH3 is 1. The number of nitrogens with zero attached hydrogens (tertiary/aromatic N) is 1. The van der Waals surface area contributed by atoms with Crippen molar-refractivity contribution in [3.8, 4) is 5.75 Å². The highest BCUT2D eigenvalue weighted by Gasteiger charge is 2.31. The maximum atomic E-state index is 6.34.